The molecule has 0 unspecified atom stereocenters. The Morgan fingerprint density at radius 2 is 2.09 bits per heavy atom. The first-order chi connectivity index (χ1) is 10.8. The van der Waals surface area contributed by atoms with Gasteiger partial charge in [-0.1, -0.05) is 6.07 Å². The van der Waals surface area contributed by atoms with E-state index in [0.29, 0.717) is 18.0 Å². The van der Waals surface area contributed by atoms with E-state index in [9.17, 15) is 0 Å². The zero-order valence-electron chi connectivity index (χ0n) is 12.1. The summed E-state index contributed by atoms with van der Waals surface area (Å²) in [6.45, 7) is 0.373. The Bertz CT molecular complexity index is 756. The van der Waals surface area contributed by atoms with Gasteiger partial charge in [-0.05, 0) is 36.4 Å². The van der Waals surface area contributed by atoms with Crippen LogP contribution in [0.1, 0.15) is 5.69 Å². The van der Waals surface area contributed by atoms with Crippen LogP contribution >= 0.6 is 0 Å². The summed E-state index contributed by atoms with van der Waals surface area (Å²) < 4.78 is 7.64. The summed E-state index contributed by atoms with van der Waals surface area (Å²) in [5.74, 6) is 0.702. The van der Waals surface area contributed by atoms with Gasteiger partial charge in [0.15, 0.2) is 0 Å². The number of aryl methyl sites for hydroxylation is 1. The van der Waals surface area contributed by atoms with E-state index in [1.807, 2.05) is 43.4 Å². The lowest BCUT2D eigenvalue weighted by Gasteiger charge is -2.13. The van der Waals surface area contributed by atoms with Crippen LogP contribution in [0.15, 0.2) is 54.9 Å². The number of nitrogens with one attached hydrogen (secondary N) is 1. The summed E-state index contributed by atoms with van der Waals surface area (Å²) in [5.41, 5.74) is 5.33. The van der Waals surface area contributed by atoms with Gasteiger partial charge in [0.2, 0.25) is 0 Å². The van der Waals surface area contributed by atoms with Crippen molar-refractivity contribution in [2.75, 3.05) is 5.48 Å². The molecule has 0 saturated carbocycles. The van der Waals surface area contributed by atoms with Crippen molar-refractivity contribution in [1.29, 1.82) is 0 Å². The molecule has 112 valence electrons. The van der Waals surface area contributed by atoms with Gasteiger partial charge in [0.1, 0.15) is 12.4 Å². The van der Waals surface area contributed by atoms with Crippen LogP contribution in [0.4, 0.5) is 5.69 Å². The molecule has 0 atom stereocenters. The second-order valence-electron chi connectivity index (χ2n) is 4.77. The highest BCUT2D eigenvalue weighted by Gasteiger charge is 2.11. The topological polar surface area (TPSA) is 72.2 Å². The Kier molecular flexibility index (Phi) is 4.02. The average Bonchev–Trinajstić information content (AvgIpc) is 2.99. The van der Waals surface area contributed by atoms with Crippen molar-refractivity contribution in [3.05, 3.63) is 60.6 Å². The molecule has 0 aliphatic heterocycles. The molecular formula is C16H16N4O2. The number of ether oxygens (including phenoxy) is 1. The molecule has 2 N–H and O–H groups in total. The number of rotatable bonds is 5. The van der Waals surface area contributed by atoms with E-state index in [1.54, 1.807) is 23.1 Å². The molecule has 2 aromatic heterocycles. The average molecular weight is 296 g/mol. The Morgan fingerprint density at radius 1 is 1.18 bits per heavy atom. The number of benzene rings is 1. The van der Waals surface area contributed by atoms with E-state index in [1.165, 1.54) is 0 Å². The zero-order valence-corrected chi connectivity index (χ0v) is 12.1. The van der Waals surface area contributed by atoms with E-state index in [2.05, 4.69) is 15.6 Å². The summed E-state index contributed by atoms with van der Waals surface area (Å²) in [7, 11) is 1.86. The fraction of sp³-hybridized carbons (Fsp3) is 0.125. The lowest BCUT2D eigenvalue weighted by Crippen LogP contribution is -2.01. The molecule has 22 heavy (non-hydrogen) atoms. The third-order valence-electron chi connectivity index (χ3n) is 3.31. The first-order valence-electron chi connectivity index (χ1n) is 6.83. The van der Waals surface area contributed by atoms with Crippen LogP contribution < -0.4 is 10.2 Å². The molecule has 6 nitrogen and oxygen atoms in total. The molecule has 0 aliphatic rings. The Morgan fingerprint density at radius 3 is 2.77 bits per heavy atom. The van der Waals surface area contributed by atoms with E-state index < -0.39 is 0 Å². The van der Waals surface area contributed by atoms with Gasteiger partial charge in [0, 0.05) is 25.0 Å². The van der Waals surface area contributed by atoms with Crippen molar-refractivity contribution >= 4 is 5.69 Å². The predicted molar refractivity (Wildman–Crippen MR) is 82.6 cm³/mol. The molecule has 3 aromatic rings. The largest absolute Gasteiger partial charge is 0.487 e. The van der Waals surface area contributed by atoms with Crippen LogP contribution in [0, 0.1) is 0 Å². The highest BCUT2D eigenvalue weighted by atomic mass is 16.5. The smallest absolute Gasteiger partial charge is 0.130 e. The summed E-state index contributed by atoms with van der Waals surface area (Å²) >= 11 is 0. The highest BCUT2D eigenvalue weighted by Crippen LogP contribution is 2.32. The van der Waals surface area contributed by atoms with Gasteiger partial charge in [-0.15, -0.1) is 0 Å². The first-order valence-corrected chi connectivity index (χ1v) is 6.83. The molecule has 0 amide bonds. The summed E-state index contributed by atoms with van der Waals surface area (Å²) in [4.78, 5) is 4.24. The minimum Gasteiger partial charge on any atom is -0.487 e. The van der Waals surface area contributed by atoms with Gasteiger partial charge in [-0.2, -0.15) is 5.10 Å². The molecule has 0 spiro atoms. The van der Waals surface area contributed by atoms with E-state index in [-0.39, 0.29) is 0 Å². The van der Waals surface area contributed by atoms with Gasteiger partial charge < -0.3 is 4.74 Å². The second-order valence-corrected chi connectivity index (χ2v) is 4.77. The van der Waals surface area contributed by atoms with Crippen molar-refractivity contribution in [2.24, 2.45) is 7.05 Å². The maximum Gasteiger partial charge on any atom is 0.130 e. The Labute approximate surface area is 128 Å². The molecule has 2 heterocycles. The van der Waals surface area contributed by atoms with Crippen LogP contribution in [0.2, 0.25) is 0 Å². The summed E-state index contributed by atoms with van der Waals surface area (Å²) in [5, 5.41) is 13.3. The van der Waals surface area contributed by atoms with Crippen molar-refractivity contribution in [1.82, 2.24) is 14.8 Å². The maximum atomic E-state index is 9.10. The van der Waals surface area contributed by atoms with Crippen molar-refractivity contribution < 1.29 is 9.94 Å². The number of hydrogen-bond acceptors (Lipinski definition) is 5. The van der Waals surface area contributed by atoms with Crippen LogP contribution in [0.5, 0.6) is 5.75 Å². The van der Waals surface area contributed by atoms with E-state index in [0.717, 1.165) is 17.0 Å². The van der Waals surface area contributed by atoms with Crippen molar-refractivity contribution in [3.63, 3.8) is 0 Å². The molecule has 0 aliphatic carbocycles. The SMILES string of the molecule is Cn1nccc1-c1cc(NO)ccc1OCc1ccccn1. The molecule has 6 heteroatoms. The van der Waals surface area contributed by atoms with Gasteiger partial charge in [0.25, 0.3) is 0 Å². The van der Waals surface area contributed by atoms with Gasteiger partial charge in [-0.25, -0.2) is 0 Å². The quantitative estimate of drug-likeness (QED) is 0.708. The van der Waals surface area contributed by atoms with Crippen LogP contribution in [0.25, 0.3) is 11.3 Å². The van der Waals surface area contributed by atoms with Crippen molar-refractivity contribution in [2.45, 2.75) is 6.61 Å². The molecule has 0 saturated heterocycles. The van der Waals surface area contributed by atoms with Gasteiger partial charge in [0.05, 0.1) is 17.1 Å². The fourth-order valence-corrected chi connectivity index (χ4v) is 2.20. The Hall–Kier alpha value is -2.86. The Balaban J connectivity index is 1.92. The molecule has 1 aromatic carbocycles. The first kappa shape index (κ1) is 14.1. The molecule has 0 radical (unpaired) electrons. The van der Waals surface area contributed by atoms with Gasteiger partial charge in [-0.3, -0.25) is 20.4 Å². The number of pyridine rings is 1. The number of anilines is 1. The highest BCUT2D eigenvalue weighted by molar-refractivity contribution is 5.71. The molecule has 0 bridgehead atoms. The third kappa shape index (κ3) is 2.91. The standard InChI is InChI=1S/C16H16N4O2/c1-20-15(7-9-18-20)14-10-12(19-21)5-6-16(14)22-11-13-4-2-3-8-17-13/h2-10,19,21H,11H2,1H3. The lowest BCUT2D eigenvalue weighted by atomic mass is 10.1. The number of hydrogen-bond donors (Lipinski definition) is 2. The zero-order chi connectivity index (χ0) is 15.4. The summed E-state index contributed by atoms with van der Waals surface area (Å²) in [6, 6.07) is 13.0. The van der Waals surface area contributed by atoms with Crippen LogP contribution in [0.3, 0.4) is 0 Å². The molecule has 0 fully saturated rings. The fourth-order valence-electron chi connectivity index (χ4n) is 2.20. The van der Waals surface area contributed by atoms with E-state index in [4.69, 9.17) is 9.94 Å². The van der Waals surface area contributed by atoms with Gasteiger partial charge >= 0.3 is 0 Å². The second kappa shape index (κ2) is 6.28. The molecular weight excluding hydrogens is 280 g/mol. The van der Waals surface area contributed by atoms with E-state index >= 15 is 0 Å². The van der Waals surface area contributed by atoms with Crippen molar-refractivity contribution in [3.8, 4) is 17.0 Å². The third-order valence-corrected chi connectivity index (χ3v) is 3.31. The normalized spacial score (nSPS) is 10.5. The minimum atomic E-state index is 0.373. The number of nitrogens with zero attached hydrogens (tertiary/aromatic N) is 3. The molecule has 3 rings (SSSR count). The lowest BCUT2D eigenvalue weighted by molar-refractivity contribution is 0.302. The minimum absolute atomic E-state index is 0.373. The van der Waals surface area contributed by atoms with Crippen LogP contribution in [-0.2, 0) is 13.7 Å². The monoisotopic (exact) mass is 296 g/mol. The maximum absolute atomic E-state index is 9.10. The van der Waals surface area contributed by atoms with Crippen LogP contribution in [-0.4, -0.2) is 20.0 Å². The predicted octanol–water partition coefficient (Wildman–Crippen LogP) is 2.86. The summed E-state index contributed by atoms with van der Waals surface area (Å²) in [6.07, 6.45) is 3.45. The number of aromatic nitrogens is 3.